The number of hydrogen-bond donors (Lipinski definition) is 2. The summed E-state index contributed by atoms with van der Waals surface area (Å²) < 4.78 is 34.3. The SMILES string of the molecule is COC(=O)NCCOc1cc(C(F)F)sc1C(=O)O. The first-order chi connectivity index (χ1) is 8.95. The van der Waals surface area contributed by atoms with E-state index in [1.807, 2.05) is 0 Å². The number of amides is 1. The van der Waals surface area contributed by atoms with Gasteiger partial charge in [0.1, 0.15) is 12.4 Å². The lowest BCUT2D eigenvalue weighted by Gasteiger charge is -2.06. The van der Waals surface area contributed by atoms with Crippen LogP contribution < -0.4 is 10.1 Å². The Labute approximate surface area is 110 Å². The first-order valence-corrected chi connectivity index (χ1v) is 5.87. The van der Waals surface area contributed by atoms with Crippen LogP contribution in [0.4, 0.5) is 13.6 Å². The highest BCUT2D eigenvalue weighted by Crippen LogP contribution is 2.35. The van der Waals surface area contributed by atoms with E-state index in [2.05, 4.69) is 10.1 Å². The summed E-state index contributed by atoms with van der Waals surface area (Å²) in [7, 11) is 1.19. The molecule has 0 aliphatic carbocycles. The molecule has 0 spiro atoms. The van der Waals surface area contributed by atoms with E-state index in [0.29, 0.717) is 11.3 Å². The van der Waals surface area contributed by atoms with Crippen molar-refractivity contribution in [1.29, 1.82) is 0 Å². The number of alkyl carbamates (subject to hydrolysis) is 1. The van der Waals surface area contributed by atoms with E-state index in [4.69, 9.17) is 9.84 Å². The summed E-state index contributed by atoms with van der Waals surface area (Å²) in [6.07, 6.45) is -3.42. The van der Waals surface area contributed by atoms with Crippen molar-refractivity contribution in [2.45, 2.75) is 6.43 Å². The molecule has 1 aromatic heterocycles. The zero-order chi connectivity index (χ0) is 14.4. The molecule has 0 bridgehead atoms. The fourth-order valence-electron chi connectivity index (χ4n) is 1.14. The summed E-state index contributed by atoms with van der Waals surface area (Å²) in [5.74, 6) is -1.48. The Kier molecular flexibility index (Phi) is 5.49. The molecule has 0 atom stereocenters. The van der Waals surface area contributed by atoms with Crippen LogP contribution in [0.15, 0.2) is 6.07 Å². The van der Waals surface area contributed by atoms with Gasteiger partial charge in [0.05, 0.1) is 18.5 Å². The molecular weight excluding hydrogens is 284 g/mol. The predicted octanol–water partition coefficient (Wildman–Crippen LogP) is 2.12. The molecule has 1 amide bonds. The van der Waals surface area contributed by atoms with Gasteiger partial charge in [-0.25, -0.2) is 18.4 Å². The number of ether oxygens (including phenoxy) is 2. The minimum Gasteiger partial charge on any atom is -0.490 e. The number of nitrogens with one attached hydrogen (secondary N) is 1. The minimum atomic E-state index is -2.76. The molecule has 1 heterocycles. The average Bonchev–Trinajstić information content (AvgIpc) is 2.78. The molecule has 0 aliphatic heterocycles. The van der Waals surface area contributed by atoms with Crippen molar-refractivity contribution in [2.24, 2.45) is 0 Å². The maximum Gasteiger partial charge on any atom is 0.406 e. The third-order valence-corrected chi connectivity index (χ3v) is 3.05. The maximum absolute atomic E-state index is 12.5. The number of carbonyl (C=O) groups excluding carboxylic acids is 1. The Bertz CT molecular complexity index is 463. The van der Waals surface area contributed by atoms with Crippen LogP contribution in [-0.2, 0) is 4.74 Å². The van der Waals surface area contributed by atoms with E-state index < -0.39 is 18.5 Å². The molecule has 0 radical (unpaired) electrons. The molecule has 106 valence electrons. The quantitative estimate of drug-likeness (QED) is 0.785. The highest BCUT2D eigenvalue weighted by atomic mass is 32.1. The van der Waals surface area contributed by atoms with Gasteiger partial charge in [0.2, 0.25) is 0 Å². The molecule has 6 nitrogen and oxygen atoms in total. The Balaban J connectivity index is 2.61. The van der Waals surface area contributed by atoms with Gasteiger partial charge in [0, 0.05) is 6.07 Å². The van der Waals surface area contributed by atoms with Crippen LogP contribution in [0.5, 0.6) is 5.75 Å². The molecule has 0 saturated heterocycles. The molecule has 1 aromatic rings. The number of rotatable bonds is 6. The van der Waals surface area contributed by atoms with Crippen molar-refractivity contribution in [3.8, 4) is 5.75 Å². The molecule has 1 rings (SSSR count). The summed E-state index contributed by atoms with van der Waals surface area (Å²) >= 11 is 0.458. The molecule has 9 heteroatoms. The Hall–Kier alpha value is -1.90. The third-order valence-electron chi connectivity index (χ3n) is 1.94. The Morgan fingerprint density at radius 2 is 2.21 bits per heavy atom. The van der Waals surface area contributed by atoms with Crippen LogP contribution in [0.1, 0.15) is 21.0 Å². The van der Waals surface area contributed by atoms with Crippen molar-refractivity contribution in [2.75, 3.05) is 20.3 Å². The van der Waals surface area contributed by atoms with Gasteiger partial charge >= 0.3 is 12.1 Å². The van der Waals surface area contributed by atoms with Gasteiger partial charge in [-0.15, -0.1) is 11.3 Å². The molecule has 0 aliphatic rings. The van der Waals surface area contributed by atoms with Crippen molar-refractivity contribution in [1.82, 2.24) is 5.32 Å². The lowest BCUT2D eigenvalue weighted by molar-refractivity contribution is 0.0697. The summed E-state index contributed by atoms with van der Waals surface area (Å²) in [5, 5.41) is 11.1. The molecule has 19 heavy (non-hydrogen) atoms. The summed E-state index contributed by atoms with van der Waals surface area (Å²) in [6.45, 7) is 0.000379. The largest absolute Gasteiger partial charge is 0.490 e. The van der Waals surface area contributed by atoms with Crippen LogP contribution in [0, 0.1) is 0 Å². The van der Waals surface area contributed by atoms with Crippen LogP contribution in [-0.4, -0.2) is 37.4 Å². The van der Waals surface area contributed by atoms with Crippen molar-refractivity contribution < 1.29 is 33.0 Å². The molecule has 0 unspecified atom stereocenters. The van der Waals surface area contributed by atoms with E-state index in [-0.39, 0.29) is 28.7 Å². The van der Waals surface area contributed by atoms with Gasteiger partial charge in [-0.3, -0.25) is 0 Å². The number of carboxylic acids is 1. The van der Waals surface area contributed by atoms with Crippen molar-refractivity contribution in [3.05, 3.63) is 15.8 Å². The first kappa shape index (κ1) is 15.2. The van der Waals surface area contributed by atoms with Gasteiger partial charge in [-0.05, 0) is 0 Å². The second kappa shape index (κ2) is 6.88. The van der Waals surface area contributed by atoms with Gasteiger partial charge in [0.25, 0.3) is 6.43 Å². The predicted molar refractivity (Wildman–Crippen MR) is 62.1 cm³/mol. The van der Waals surface area contributed by atoms with E-state index in [1.54, 1.807) is 0 Å². The van der Waals surface area contributed by atoms with Gasteiger partial charge < -0.3 is 19.9 Å². The second-order valence-corrected chi connectivity index (χ2v) is 4.30. The molecule has 0 saturated carbocycles. The molecule has 0 fully saturated rings. The van der Waals surface area contributed by atoms with Gasteiger partial charge in [-0.1, -0.05) is 0 Å². The Morgan fingerprint density at radius 1 is 1.53 bits per heavy atom. The fourth-order valence-corrected chi connectivity index (χ4v) is 1.94. The zero-order valence-electron chi connectivity index (χ0n) is 9.81. The molecule has 2 N–H and O–H groups in total. The number of carboxylic acid groups (broad SMARTS) is 1. The summed E-state index contributed by atoms with van der Waals surface area (Å²) in [5.41, 5.74) is 0. The number of methoxy groups -OCH3 is 1. The standard InChI is InChI=1S/C10H11F2NO5S/c1-17-10(16)13-2-3-18-5-4-6(8(11)12)19-7(5)9(14)15/h4,8H,2-3H2,1H3,(H,13,16)(H,14,15). The number of aromatic carboxylic acids is 1. The molecular formula is C10H11F2NO5S. The van der Waals surface area contributed by atoms with E-state index >= 15 is 0 Å². The maximum atomic E-state index is 12.5. The highest BCUT2D eigenvalue weighted by molar-refractivity contribution is 7.14. The second-order valence-electron chi connectivity index (χ2n) is 3.21. The third kappa shape index (κ3) is 4.36. The smallest absolute Gasteiger partial charge is 0.406 e. The normalized spacial score (nSPS) is 10.3. The van der Waals surface area contributed by atoms with E-state index in [1.165, 1.54) is 7.11 Å². The first-order valence-electron chi connectivity index (χ1n) is 5.05. The summed E-state index contributed by atoms with van der Waals surface area (Å²) in [6, 6.07) is 0.983. The van der Waals surface area contributed by atoms with E-state index in [9.17, 15) is 18.4 Å². The number of halogens is 2. The lowest BCUT2D eigenvalue weighted by atomic mass is 10.4. The van der Waals surface area contributed by atoms with Crippen LogP contribution in [0.25, 0.3) is 0 Å². The van der Waals surface area contributed by atoms with Crippen LogP contribution >= 0.6 is 11.3 Å². The Morgan fingerprint density at radius 3 is 2.74 bits per heavy atom. The lowest BCUT2D eigenvalue weighted by Crippen LogP contribution is -2.27. The van der Waals surface area contributed by atoms with Gasteiger partial charge in [0.15, 0.2) is 4.88 Å². The number of carbonyl (C=O) groups is 2. The molecule has 0 aromatic carbocycles. The fraction of sp³-hybridized carbons (Fsp3) is 0.400. The number of hydrogen-bond acceptors (Lipinski definition) is 5. The van der Waals surface area contributed by atoms with E-state index in [0.717, 1.165) is 6.07 Å². The minimum absolute atomic E-state index is 0.0607. The average molecular weight is 295 g/mol. The highest BCUT2D eigenvalue weighted by Gasteiger charge is 2.21. The zero-order valence-corrected chi connectivity index (χ0v) is 10.6. The topological polar surface area (TPSA) is 84.9 Å². The van der Waals surface area contributed by atoms with Crippen molar-refractivity contribution >= 4 is 23.4 Å². The van der Waals surface area contributed by atoms with Crippen LogP contribution in [0.2, 0.25) is 0 Å². The van der Waals surface area contributed by atoms with Gasteiger partial charge in [-0.2, -0.15) is 0 Å². The number of thiophene rings is 1. The summed E-state index contributed by atoms with van der Waals surface area (Å²) in [4.78, 5) is 20.9. The number of alkyl halides is 2. The van der Waals surface area contributed by atoms with Crippen LogP contribution in [0.3, 0.4) is 0 Å². The van der Waals surface area contributed by atoms with Crippen molar-refractivity contribution in [3.63, 3.8) is 0 Å². The monoisotopic (exact) mass is 295 g/mol.